The van der Waals surface area contributed by atoms with Gasteiger partial charge in [0.25, 0.3) is 0 Å². The predicted molar refractivity (Wildman–Crippen MR) is 126 cm³/mol. The maximum absolute atomic E-state index is 5.71. The third-order valence-electron chi connectivity index (χ3n) is 4.99. The van der Waals surface area contributed by atoms with Gasteiger partial charge in [0, 0.05) is 20.1 Å². The summed E-state index contributed by atoms with van der Waals surface area (Å²) in [6, 6.07) is 0. The molecule has 6 nitrogen and oxygen atoms in total. The van der Waals surface area contributed by atoms with Gasteiger partial charge in [0.2, 0.25) is 5.89 Å². The Balaban J connectivity index is 0.00000364. The summed E-state index contributed by atoms with van der Waals surface area (Å²) in [6.45, 7) is 9.01. The first-order valence-corrected chi connectivity index (χ1v) is 11.1. The Kier molecular flexibility index (Phi) is 12.4. The number of aromatic nitrogens is 1. The minimum Gasteiger partial charge on any atom is -0.444 e. The van der Waals surface area contributed by atoms with Crippen LogP contribution in [0.2, 0.25) is 0 Å². The Morgan fingerprint density at radius 2 is 2.00 bits per heavy atom. The van der Waals surface area contributed by atoms with E-state index in [0.29, 0.717) is 5.92 Å². The van der Waals surface area contributed by atoms with E-state index in [1.54, 1.807) is 0 Å². The molecule has 0 bridgehead atoms. The highest BCUT2D eigenvalue weighted by atomic mass is 127. The number of guanidine groups is 1. The lowest BCUT2D eigenvalue weighted by atomic mass is 9.97. The second kappa shape index (κ2) is 13.7. The summed E-state index contributed by atoms with van der Waals surface area (Å²) in [7, 11) is 1.85. The van der Waals surface area contributed by atoms with Crippen molar-refractivity contribution in [3.05, 3.63) is 17.3 Å². The fraction of sp³-hybridized carbons (Fsp3) is 0.789. The number of likely N-dealkylation sites (tertiary alicyclic amines) is 1. The van der Waals surface area contributed by atoms with Crippen LogP contribution in [0.15, 0.2) is 9.41 Å². The molecule has 156 valence electrons. The van der Waals surface area contributed by atoms with Crippen molar-refractivity contribution in [1.29, 1.82) is 0 Å². The Labute approximate surface area is 185 Å². The number of halogens is 1. The highest BCUT2D eigenvalue weighted by Gasteiger charge is 2.21. The molecule has 0 unspecified atom stereocenters. The van der Waals surface area contributed by atoms with Crippen LogP contribution in [-0.2, 0) is 6.54 Å². The molecule has 0 aromatic carbocycles. The molecule has 1 aromatic heterocycles. The van der Waals surface area contributed by atoms with Crippen LogP contribution < -0.4 is 10.6 Å². The largest absolute Gasteiger partial charge is 0.444 e. The Hall–Kier alpha value is -0.480. The van der Waals surface area contributed by atoms with Crippen molar-refractivity contribution in [2.45, 2.75) is 46.1 Å². The van der Waals surface area contributed by atoms with Crippen LogP contribution in [0.5, 0.6) is 0 Å². The number of rotatable bonds is 9. The SMILES string of the molecule is CN=C(NCCCCSC)NCC1CCN(Cc2nc(C)c(C)o2)CC1.I. The van der Waals surface area contributed by atoms with Crippen molar-refractivity contribution >= 4 is 41.7 Å². The van der Waals surface area contributed by atoms with E-state index in [1.165, 1.54) is 31.4 Å². The molecule has 2 N–H and O–H groups in total. The van der Waals surface area contributed by atoms with Gasteiger partial charge < -0.3 is 15.1 Å². The van der Waals surface area contributed by atoms with Crippen LogP contribution in [0, 0.1) is 19.8 Å². The van der Waals surface area contributed by atoms with E-state index in [0.717, 1.165) is 56.0 Å². The number of hydrogen-bond acceptors (Lipinski definition) is 5. The smallest absolute Gasteiger partial charge is 0.208 e. The van der Waals surface area contributed by atoms with E-state index >= 15 is 0 Å². The van der Waals surface area contributed by atoms with Gasteiger partial charge in [0.15, 0.2) is 5.96 Å². The summed E-state index contributed by atoms with van der Waals surface area (Å²) in [5.74, 6) is 4.66. The van der Waals surface area contributed by atoms with Gasteiger partial charge in [-0.05, 0) is 70.5 Å². The van der Waals surface area contributed by atoms with E-state index in [9.17, 15) is 0 Å². The van der Waals surface area contributed by atoms with Gasteiger partial charge in [-0.25, -0.2) is 4.98 Å². The second-order valence-corrected chi connectivity index (χ2v) is 8.03. The van der Waals surface area contributed by atoms with Crippen LogP contribution in [-0.4, -0.2) is 61.1 Å². The van der Waals surface area contributed by atoms with Gasteiger partial charge >= 0.3 is 0 Å². The van der Waals surface area contributed by atoms with Gasteiger partial charge in [-0.3, -0.25) is 9.89 Å². The van der Waals surface area contributed by atoms with Gasteiger partial charge in [0.1, 0.15) is 5.76 Å². The maximum Gasteiger partial charge on any atom is 0.208 e. The molecule has 1 aliphatic heterocycles. The third-order valence-corrected chi connectivity index (χ3v) is 5.69. The molecule has 2 rings (SSSR count). The lowest BCUT2D eigenvalue weighted by Crippen LogP contribution is -2.43. The van der Waals surface area contributed by atoms with E-state index in [-0.39, 0.29) is 24.0 Å². The standard InChI is InChI=1S/C19H35N5OS.HI/c1-15-16(2)25-18(23-15)14-24-10-7-17(8-11-24)13-22-19(20-3)21-9-5-6-12-26-4;/h17H,5-14H2,1-4H3,(H2,20,21,22);1H. The molecule has 0 aliphatic carbocycles. The van der Waals surface area contributed by atoms with Crippen LogP contribution in [0.3, 0.4) is 0 Å². The van der Waals surface area contributed by atoms with E-state index in [4.69, 9.17) is 4.42 Å². The van der Waals surface area contributed by atoms with Gasteiger partial charge in [0.05, 0.1) is 12.2 Å². The number of nitrogens with zero attached hydrogens (tertiary/aromatic N) is 3. The lowest BCUT2D eigenvalue weighted by molar-refractivity contribution is 0.164. The highest BCUT2D eigenvalue weighted by molar-refractivity contribution is 14.0. The summed E-state index contributed by atoms with van der Waals surface area (Å²) in [6.07, 6.45) is 7.02. The number of piperidine rings is 1. The Morgan fingerprint density at radius 1 is 1.26 bits per heavy atom. The minimum atomic E-state index is 0. The molecule has 1 aromatic rings. The molecule has 1 saturated heterocycles. The molecule has 0 saturated carbocycles. The molecule has 1 fully saturated rings. The maximum atomic E-state index is 5.71. The summed E-state index contributed by atoms with van der Waals surface area (Å²) in [5, 5.41) is 6.91. The highest BCUT2D eigenvalue weighted by Crippen LogP contribution is 2.19. The molecular weight excluding hydrogens is 473 g/mol. The van der Waals surface area contributed by atoms with Gasteiger partial charge in [-0.1, -0.05) is 0 Å². The van der Waals surface area contributed by atoms with Crippen LogP contribution in [0.1, 0.15) is 43.0 Å². The molecule has 0 atom stereocenters. The molecule has 0 amide bonds. The monoisotopic (exact) mass is 509 g/mol. The average molecular weight is 510 g/mol. The third kappa shape index (κ3) is 9.04. The number of hydrogen-bond donors (Lipinski definition) is 2. The topological polar surface area (TPSA) is 65.7 Å². The van der Waals surface area contributed by atoms with Crippen molar-refractivity contribution in [3.63, 3.8) is 0 Å². The fourth-order valence-corrected chi connectivity index (χ4v) is 3.68. The van der Waals surface area contributed by atoms with Crippen LogP contribution in [0.4, 0.5) is 0 Å². The molecule has 8 heteroatoms. The first-order chi connectivity index (χ1) is 12.6. The van der Waals surface area contributed by atoms with Crippen molar-refractivity contribution in [2.24, 2.45) is 10.9 Å². The van der Waals surface area contributed by atoms with Crippen molar-refractivity contribution in [1.82, 2.24) is 20.5 Å². The Bertz CT molecular complexity index is 539. The summed E-state index contributed by atoms with van der Waals surface area (Å²) >= 11 is 1.91. The fourth-order valence-electron chi connectivity index (χ4n) is 3.19. The average Bonchev–Trinajstić information content (AvgIpc) is 2.96. The molecule has 27 heavy (non-hydrogen) atoms. The molecular formula is C19H36IN5OS. The van der Waals surface area contributed by atoms with Crippen molar-refractivity contribution in [2.75, 3.05) is 45.2 Å². The summed E-state index contributed by atoms with van der Waals surface area (Å²) in [5.41, 5.74) is 1.01. The van der Waals surface area contributed by atoms with E-state index in [1.807, 2.05) is 32.7 Å². The van der Waals surface area contributed by atoms with Crippen LogP contribution in [0.25, 0.3) is 0 Å². The quantitative estimate of drug-likeness (QED) is 0.230. The predicted octanol–water partition coefficient (Wildman–Crippen LogP) is 3.43. The normalized spacial score (nSPS) is 16.2. The molecule has 0 radical (unpaired) electrons. The first-order valence-electron chi connectivity index (χ1n) is 9.71. The lowest BCUT2D eigenvalue weighted by Gasteiger charge is -2.31. The van der Waals surface area contributed by atoms with Crippen molar-refractivity contribution in [3.8, 4) is 0 Å². The first kappa shape index (κ1) is 24.6. The Morgan fingerprint density at radius 3 is 2.59 bits per heavy atom. The molecule has 0 spiro atoms. The zero-order valence-electron chi connectivity index (χ0n) is 17.2. The summed E-state index contributed by atoms with van der Waals surface area (Å²) < 4.78 is 5.71. The van der Waals surface area contributed by atoms with Crippen molar-refractivity contribution < 1.29 is 4.42 Å². The number of unbranched alkanes of at least 4 members (excludes halogenated alkanes) is 1. The molecule has 1 aliphatic rings. The number of nitrogens with one attached hydrogen (secondary N) is 2. The van der Waals surface area contributed by atoms with Gasteiger partial charge in [-0.15, -0.1) is 24.0 Å². The minimum absolute atomic E-state index is 0. The zero-order valence-corrected chi connectivity index (χ0v) is 20.4. The second-order valence-electron chi connectivity index (χ2n) is 7.05. The van der Waals surface area contributed by atoms with E-state index < -0.39 is 0 Å². The van der Waals surface area contributed by atoms with Gasteiger partial charge in [-0.2, -0.15) is 11.8 Å². The van der Waals surface area contributed by atoms with E-state index in [2.05, 4.69) is 31.8 Å². The number of oxazole rings is 1. The zero-order chi connectivity index (χ0) is 18.8. The summed E-state index contributed by atoms with van der Waals surface area (Å²) in [4.78, 5) is 11.3. The van der Waals surface area contributed by atoms with Crippen LogP contribution >= 0.6 is 35.7 Å². The molecule has 2 heterocycles. The number of thioether (sulfide) groups is 1. The number of aliphatic imine (C=N–C) groups is 1. The number of aryl methyl sites for hydroxylation is 2.